The number of thioether (sulfide) groups is 2. The number of ether oxygens (including phenoxy) is 1. The summed E-state index contributed by atoms with van der Waals surface area (Å²) in [7, 11) is 0. The average Bonchev–Trinajstić information content (AvgIpc) is 3.74. The normalized spacial score (nSPS) is 17.4. The van der Waals surface area contributed by atoms with E-state index in [1.54, 1.807) is 6.07 Å². The molecule has 2 aliphatic heterocycles. The van der Waals surface area contributed by atoms with Gasteiger partial charge in [-0.05, 0) is 74.4 Å². The molecule has 2 saturated heterocycles. The summed E-state index contributed by atoms with van der Waals surface area (Å²) < 4.78 is 8.85. The lowest BCUT2D eigenvalue weighted by Crippen LogP contribution is -2.47. The van der Waals surface area contributed by atoms with Gasteiger partial charge in [-0.2, -0.15) is 0 Å². The molecule has 3 aromatic carbocycles. The smallest absolute Gasteiger partial charge is 0.285 e. The summed E-state index contributed by atoms with van der Waals surface area (Å²) in [5, 5.41) is 14.8. The first kappa shape index (κ1) is 36.5. The van der Waals surface area contributed by atoms with E-state index >= 15 is 0 Å². The van der Waals surface area contributed by atoms with Crippen LogP contribution in [-0.2, 0) is 6.54 Å². The summed E-state index contributed by atoms with van der Waals surface area (Å²) in [6, 6.07) is 20.6. The van der Waals surface area contributed by atoms with Crippen molar-refractivity contribution in [2.45, 2.75) is 63.6 Å². The van der Waals surface area contributed by atoms with E-state index in [2.05, 4.69) is 76.7 Å². The highest BCUT2D eigenvalue weighted by Gasteiger charge is 2.38. The number of nitro groups is 1. The number of fused-ring (bicyclic) bond motifs is 3. The molecule has 0 unspecified atom stereocenters. The second kappa shape index (κ2) is 17.3. The van der Waals surface area contributed by atoms with Gasteiger partial charge in [0.2, 0.25) is 0 Å². The number of piperazine rings is 1. The Kier molecular flexibility index (Phi) is 12.6. The zero-order valence-electron chi connectivity index (χ0n) is 29.7. The van der Waals surface area contributed by atoms with Gasteiger partial charge in [0.15, 0.2) is 0 Å². The fraction of sp³-hybridized carbons (Fsp3) is 0.513. The summed E-state index contributed by atoms with van der Waals surface area (Å²) in [5.74, 6) is 2.20. The van der Waals surface area contributed by atoms with Crippen LogP contribution in [0, 0.1) is 17.0 Å². The second-order valence-electron chi connectivity index (χ2n) is 13.3. The van der Waals surface area contributed by atoms with Crippen molar-refractivity contribution < 1.29 is 14.5 Å². The minimum atomic E-state index is -0.438. The van der Waals surface area contributed by atoms with Gasteiger partial charge in [-0.1, -0.05) is 50.2 Å². The Morgan fingerprint density at radius 3 is 2.08 bits per heavy atom. The molecule has 0 aliphatic carbocycles. The van der Waals surface area contributed by atoms with E-state index in [9.17, 15) is 14.9 Å². The highest BCUT2D eigenvalue weighted by molar-refractivity contribution is 8.17. The van der Waals surface area contributed by atoms with E-state index in [0.29, 0.717) is 18.9 Å². The van der Waals surface area contributed by atoms with Crippen molar-refractivity contribution >= 4 is 56.9 Å². The lowest BCUT2D eigenvalue weighted by Gasteiger charge is -2.34. The molecule has 0 bridgehead atoms. The van der Waals surface area contributed by atoms with Crippen LogP contribution in [0.5, 0.6) is 5.75 Å². The number of carbonyl (C=O) groups excluding carboxylic acids is 1. The molecular formula is C39H51N5O4S2. The van der Waals surface area contributed by atoms with Gasteiger partial charge in [-0.15, -0.1) is 23.5 Å². The van der Waals surface area contributed by atoms with E-state index in [0.717, 1.165) is 88.6 Å². The van der Waals surface area contributed by atoms with Crippen LogP contribution in [0.25, 0.3) is 21.8 Å². The maximum atomic E-state index is 13.8. The van der Waals surface area contributed by atoms with Crippen LogP contribution in [0.2, 0.25) is 0 Å². The van der Waals surface area contributed by atoms with Gasteiger partial charge >= 0.3 is 0 Å². The quantitative estimate of drug-likeness (QED) is 0.0501. The molecule has 3 heterocycles. The number of rotatable bonds is 16. The predicted octanol–water partition coefficient (Wildman–Crippen LogP) is 7.92. The number of benzene rings is 3. The molecule has 4 aromatic rings. The van der Waals surface area contributed by atoms with Gasteiger partial charge in [-0.25, -0.2) is 0 Å². The molecule has 2 fully saturated rings. The predicted molar refractivity (Wildman–Crippen MR) is 209 cm³/mol. The summed E-state index contributed by atoms with van der Waals surface area (Å²) in [5.41, 5.74) is 3.38. The summed E-state index contributed by atoms with van der Waals surface area (Å²) in [4.78, 5) is 32.4. The number of aromatic nitrogens is 1. The Labute approximate surface area is 304 Å². The first-order chi connectivity index (χ1) is 24.4. The third-order valence-corrected chi connectivity index (χ3v) is 12.9. The Morgan fingerprint density at radius 2 is 1.48 bits per heavy atom. The first-order valence-electron chi connectivity index (χ1n) is 18.3. The molecule has 2 aliphatic rings. The van der Waals surface area contributed by atoms with Crippen molar-refractivity contribution in [1.29, 1.82) is 0 Å². The highest BCUT2D eigenvalue weighted by atomic mass is 32.2. The number of hydrogen-bond donors (Lipinski definition) is 0. The molecule has 0 saturated carbocycles. The van der Waals surface area contributed by atoms with Gasteiger partial charge in [-0.3, -0.25) is 14.9 Å². The molecule has 0 spiro atoms. The van der Waals surface area contributed by atoms with Gasteiger partial charge in [0.25, 0.3) is 11.6 Å². The highest BCUT2D eigenvalue weighted by Crippen LogP contribution is 2.37. The number of aryl methyl sites for hydroxylation is 2. The van der Waals surface area contributed by atoms with Crippen molar-refractivity contribution in [2.24, 2.45) is 0 Å². The largest absolute Gasteiger partial charge is 0.493 e. The second-order valence-corrected chi connectivity index (χ2v) is 16.4. The van der Waals surface area contributed by atoms with Crippen molar-refractivity contribution in [3.8, 4) is 5.75 Å². The lowest BCUT2D eigenvalue weighted by molar-refractivity contribution is -0.385. The lowest BCUT2D eigenvalue weighted by atomic mass is 10.1. The molecule has 1 aromatic heterocycles. The maximum absolute atomic E-state index is 13.8. The number of carbonyl (C=O) groups is 1. The number of likely N-dealkylation sites (tertiary alicyclic amines) is 1. The number of amides is 1. The van der Waals surface area contributed by atoms with Crippen LogP contribution in [-0.4, -0.2) is 105 Å². The van der Waals surface area contributed by atoms with Crippen molar-refractivity contribution in [3.63, 3.8) is 0 Å². The van der Waals surface area contributed by atoms with Crippen LogP contribution < -0.4 is 4.74 Å². The minimum absolute atomic E-state index is 0.0846. The molecule has 1 amide bonds. The zero-order chi connectivity index (χ0) is 35.0. The van der Waals surface area contributed by atoms with Gasteiger partial charge in [0.1, 0.15) is 11.3 Å². The van der Waals surface area contributed by atoms with E-state index in [4.69, 9.17) is 4.74 Å². The SMILES string of the molecule is CCSC(SCC)[C@@H]1CCCN1C(=O)c1cc(C)c(OCCCN2CCN(CCCn3c4ccccc4c4ccccc43)CC2)cc1[N+](=O)[O-]. The topological polar surface area (TPSA) is 84.1 Å². The number of hydrogen-bond acceptors (Lipinski definition) is 8. The van der Waals surface area contributed by atoms with Gasteiger partial charge in [0, 0.05) is 67.6 Å². The fourth-order valence-corrected chi connectivity index (χ4v) is 10.5. The standard InChI is InChI=1S/C39H51N5O4S2/c1-4-49-39(50-5-2)35-17-10-20-43(35)38(45)32-27-29(3)37(28-36(32)44(46)47)48-26-12-19-41-24-22-40(23-25-41)18-11-21-42-33-15-8-6-13-30(33)31-14-7-9-16-34(31)42/h6-9,13-16,27-28,35,39H,4-5,10-12,17-26H2,1-3H3/t35-/m0/s1. The van der Waals surface area contributed by atoms with Gasteiger partial charge in [0.05, 0.1) is 28.2 Å². The summed E-state index contributed by atoms with van der Waals surface area (Å²) in [6.07, 6.45) is 3.81. The Bertz CT molecular complexity index is 1710. The third kappa shape index (κ3) is 8.27. The van der Waals surface area contributed by atoms with E-state index in [1.165, 1.54) is 27.9 Å². The molecule has 0 radical (unpaired) electrons. The molecular weight excluding hydrogens is 667 g/mol. The first-order valence-corrected chi connectivity index (χ1v) is 20.4. The fourth-order valence-electron chi connectivity index (χ4n) is 7.64. The van der Waals surface area contributed by atoms with E-state index in [-0.39, 0.29) is 27.8 Å². The molecule has 50 heavy (non-hydrogen) atoms. The Hall–Kier alpha value is -3.25. The van der Waals surface area contributed by atoms with Crippen LogP contribution in [0.15, 0.2) is 60.7 Å². The monoisotopic (exact) mass is 717 g/mol. The molecule has 11 heteroatoms. The Morgan fingerprint density at radius 1 is 0.880 bits per heavy atom. The van der Waals surface area contributed by atoms with Crippen LogP contribution >= 0.6 is 23.5 Å². The molecule has 6 rings (SSSR count). The van der Waals surface area contributed by atoms with Crippen LogP contribution in [0.4, 0.5) is 5.69 Å². The van der Waals surface area contributed by atoms with E-state index in [1.807, 2.05) is 35.3 Å². The Balaban J connectivity index is 0.966. The summed E-state index contributed by atoms with van der Waals surface area (Å²) in [6.45, 7) is 14.5. The van der Waals surface area contributed by atoms with Gasteiger partial charge < -0.3 is 24.0 Å². The zero-order valence-corrected chi connectivity index (χ0v) is 31.4. The third-order valence-electron chi connectivity index (χ3n) is 10.1. The van der Waals surface area contributed by atoms with Crippen molar-refractivity contribution in [2.75, 3.05) is 63.9 Å². The van der Waals surface area contributed by atoms with E-state index < -0.39 is 4.92 Å². The molecule has 268 valence electrons. The molecule has 9 nitrogen and oxygen atoms in total. The number of para-hydroxylation sites is 2. The summed E-state index contributed by atoms with van der Waals surface area (Å²) >= 11 is 3.73. The minimum Gasteiger partial charge on any atom is -0.493 e. The van der Waals surface area contributed by atoms with Crippen molar-refractivity contribution in [3.05, 3.63) is 81.9 Å². The van der Waals surface area contributed by atoms with Crippen molar-refractivity contribution in [1.82, 2.24) is 19.3 Å². The maximum Gasteiger partial charge on any atom is 0.285 e. The molecule has 0 N–H and O–H groups in total. The molecule has 1 atom stereocenters. The number of nitrogens with zero attached hydrogens (tertiary/aromatic N) is 5. The van der Waals surface area contributed by atoms with Crippen LogP contribution in [0.3, 0.4) is 0 Å². The average molecular weight is 718 g/mol. The van der Waals surface area contributed by atoms with Crippen LogP contribution in [0.1, 0.15) is 55.5 Å². The number of nitro benzene ring substituents is 1.